The van der Waals surface area contributed by atoms with Gasteiger partial charge in [-0.15, -0.1) is 0 Å². The predicted molar refractivity (Wildman–Crippen MR) is 61.6 cm³/mol. The summed E-state index contributed by atoms with van der Waals surface area (Å²) in [6, 6.07) is 4.07. The molecule has 54 valence electrons. The molecule has 0 heterocycles. The summed E-state index contributed by atoms with van der Waals surface area (Å²) in [5.41, 5.74) is 1.29. The molecule has 0 bridgehead atoms. The molecular weight excluding hydrogens is 373 g/mol. The van der Waals surface area contributed by atoms with E-state index in [-0.39, 0.29) is 0 Å². The molecule has 0 amide bonds. The van der Waals surface area contributed by atoms with Crippen LogP contribution in [0, 0.1) is 14.1 Å². The van der Waals surface area contributed by atoms with Crippen LogP contribution in [0.1, 0.15) is 5.56 Å². The van der Waals surface area contributed by atoms with E-state index >= 15 is 0 Å². The largest absolute Gasteiger partial charge is 0.0831 e. The van der Waals surface area contributed by atoms with E-state index in [4.69, 9.17) is 11.6 Å². The minimum Gasteiger partial charge on any atom is -0.0831 e. The summed E-state index contributed by atoms with van der Waals surface area (Å²) in [6.07, 6.45) is 0. The molecule has 1 aromatic rings. The average molecular weight is 378 g/mol. The molecule has 0 aromatic heterocycles. The Bertz CT molecular complexity index is 208. The highest BCUT2D eigenvalue weighted by Crippen LogP contribution is 2.23. The number of hydrogen-bond donors (Lipinski definition) is 0. The molecule has 0 unspecified atom stereocenters. The first kappa shape index (κ1) is 9.06. The molecule has 0 spiro atoms. The highest BCUT2D eigenvalue weighted by molar-refractivity contribution is 14.1. The molecule has 0 nitrogen and oxygen atoms in total. The summed E-state index contributed by atoms with van der Waals surface area (Å²) in [4.78, 5) is 0. The normalized spacial score (nSPS) is 10.0. The fourth-order valence-corrected chi connectivity index (χ4v) is 2.06. The van der Waals surface area contributed by atoms with Crippen LogP contribution in [-0.2, 0) is 0 Å². The second-order valence-corrected chi connectivity index (χ2v) is 4.75. The first-order chi connectivity index (χ1) is 4.61. The quantitative estimate of drug-likeness (QED) is 0.475. The molecule has 1 rings (SSSR count). The van der Waals surface area contributed by atoms with Crippen LogP contribution in [0.4, 0.5) is 0 Å². The molecule has 0 fully saturated rings. The molecule has 0 atom stereocenters. The van der Waals surface area contributed by atoms with Gasteiger partial charge in [-0.3, -0.25) is 0 Å². The Morgan fingerprint density at radius 3 is 2.30 bits per heavy atom. The van der Waals surface area contributed by atoms with E-state index in [0.29, 0.717) is 0 Å². The highest BCUT2D eigenvalue weighted by Gasteiger charge is 1.99. The van der Waals surface area contributed by atoms with Gasteiger partial charge in [0, 0.05) is 7.14 Å². The van der Waals surface area contributed by atoms with Gasteiger partial charge in [0.1, 0.15) is 0 Å². The van der Waals surface area contributed by atoms with Gasteiger partial charge < -0.3 is 0 Å². The molecule has 0 radical (unpaired) electrons. The van der Waals surface area contributed by atoms with Crippen molar-refractivity contribution in [3.05, 3.63) is 29.9 Å². The van der Waals surface area contributed by atoms with E-state index < -0.39 is 0 Å². The van der Waals surface area contributed by atoms with Crippen LogP contribution in [0.3, 0.4) is 0 Å². The number of aryl methyl sites for hydroxylation is 1. The van der Waals surface area contributed by atoms with Crippen LogP contribution < -0.4 is 0 Å². The smallest absolute Gasteiger partial charge is 0.0550 e. The first-order valence-corrected chi connectivity index (χ1v) is 5.26. The summed E-state index contributed by atoms with van der Waals surface area (Å²) in [5.74, 6) is 0. The third-order valence-electron chi connectivity index (χ3n) is 1.20. The molecule has 0 saturated heterocycles. The molecule has 10 heavy (non-hydrogen) atoms. The minimum atomic E-state index is 0.843. The van der Waals surface area contributed by atoms with Gasteiger partial charge in [-0.05, 0) is 69.8 Å². The molecule has 1 aromatic carbocycles. The Hall–Kier alpha value is 0.970. The molecule has 0 aliphatic heterocycles. The van der Waals surface area contributed by atoms with Gasteiger partial charge in [0.15, 0.2) is 0 Å². The fourth-order valence-electron chi connectivity index (χ4n) is 0.622. The van der Waals surface area contributed by atoms with Crippen LogP contribution in [-0.4, -0.2) is 0 Å². The Labute approximate surface area is 92.6 Å². The van der Waals surface area contributed by atoms with Crippen LogP contribution >= 0.6 is 56.8 Å². The Morgan fingerprint density at radius 1 is 1.20 bits per heavy atom. The van der Waals surface area contributed by atoms with Crippen molar-refractivity contribution in [2.75, 3.05) is 0 Å². The molecular formula is C7H5ClI2. The second-order valence-electron chi connectivity index (χ2n) is 2.02. The van der Waals surface area contributed by atoms with Gasteiger partial charge in [0.25, 0.3) is 0 Å². The summed E-state index contributed by atoms with van der Waals surface area (Å²) in [5, 5.41) is 0.843. The van der Waals surface area contributed by atoms with Gasteiger partial charge >= 0.3 is 0 Å². The van der Waals surface area contributed by atoms with Crippen molar-refractivity contribution < 1.29 is 0 Å². The maximum atomic E-state index is 5.87. The Balaban J connectivity index is 3.28. The van der Waals surface area contributed by atoms with Crippen molar-refractivity contribution in [3.8, 4) is 0 Å². The predicted octanol–water partition coefficient (Wildman–Crippen LogP) is 3.86. The van der Waals surface area contributed by atoms with Crippen molar-refractivity contribution in [1.82, 2.24) is 0 Å². The lowest BCUT2D eigenvalue weighted by molar-refractivity contribution is 1.41. The summed E-state index contributed by atoms with van der Waals surface area (Å²) < 4.78 is 2.35. The van der Waals surface area contributed by atoms with E-state index in [2.05, 4.69) is 58.2 Å². The van der Waals surface area contributed by atoms with E-state index in [0.717, 1.165) is 8.59 Å². The lowest BCUT2D eigenvalue weighted by atomic mass is 10.2. The zero-order valence-electron chi connectivity index (χ0n) is 5.29. The number of rotatable bonds is 0. The zero-order chi connectivity index (χ0) is 7.72. The lowest BCUT2D eigenvalue weighted by Crippen LogP contribution is -1.82. The number of halogens is 3. The summed E-state index contributed by atoms with van der Waals surface area (Å²) in [7, 11) is 0. The summed E-state index contributed by atoms with van der Waals surface area (Å²) in [6.45, 7) is 2.08. The van der Waals surface area contributed by atoms with Crippen molar-refractivity contribution in [2.24, 2.45) is 0 Å². The van der Waals surface area contributed by atoms with Crippen molar-refractivity contribution in [1.29, 1.82) is 0 Å². The topological polar surface area (TPSA) is 0 Å². The van der Waals surface area contributed by atoms with Gasteiger partial charge in [-0.25, -0.2) is 0 Å². The zero-order valence-corrected chi connectivity index (χ0v) is 10.4. The molecule has 0 aliphatic carbocycles. The van der Waals surface area contributed by atoms with Gasteiger partial charge in [0.2, 0.25) is 0 Å². The molecule has 0 saturated carbocycles. The van der Waals surface area contributed by atoms with Crippen LogP contribution in [0.25, 0.3) is 0 Å². The minimum absolute atomic E-state index is 0.843. The van der Waals surface area contributed by atoms with Crippen LogP contribution in [0.2, 0.25) is 5.02 Å². The Morgan fingerprint density at radius 2 is 1.80 bits per heavy atom. The molecule has 3 heteroatoms. The van der Waals surface area contributed by atoms with Crippen molar-refractivity contribution in [2.45, 2.75) is 6.92 Å². The number of hydrogen-bond acceptors (Lipinski definition) is 0. The van der Waals surface area contributed by atoms with Gasteiger partial charge in [-0.2, -0.15) is 0 Å². The average Bonchev–Trinajstić information content (AvgIpc) is 1.84. The maximum Gasteiger partial charge on any atom is 0.0550 e. The standard InChI is InChI=1S/C7H5ClI2/c1-4-2-7(10)5(8)3-6(4)9/h2-3H,1H3. The van der Waals surface area contributed by atoms with E-state index in [1.807, 2.05) is 6.07 Å². The number of benzene rings is 1. The van der Waals surface area contributed by atoms with E-state index in [1.54, 1.807) is 0 Å². The maximum absolute atomic E-state index is 5.87. The van der Waals surface area contributed by atoms with Gasteiger partial charge in [-0.1, -0.05) is 11.6 Å². The van der Waals surface area contributed by atoms with E-state index in [1.165, 1.54) is 9.13 Å². The Kier molecular flexibility index (Phi) is 3.24. The van der Waals surface area contributed by atoms with E-state index in [9.17, 15) is 0 Å². The summed E-state index contributed by atoms with van der Waals surface area (Å²) >= 11 is 10.4. The molecule has 0 N–H and O–H groups in total. The van der Waals surface area contributed by atoms with Crippen molar-refractivity contribution in [3.63, 3.8) is 0 Å². The molecule has 0 aliphatic rings. The fraction of sp³-hybridized carbons (Fsp3) is 0.143. The monoisotopic (exact) mass is 378 g/mol. The van der Waals surface area contributed by atoms with Crippen molar-refractivity contribution >= 4 is 56.8 Å². The highest BCUT2D eigenvalue weighted by atomic mass is 127. The third kappa shape index (κ3) is 1.98. The third-order valence-corrected chi connectivity index (χ3v) is 3.89. The SMILES string of the molecule is Cc1cc(I)c(Cl)cc1I. The lowest BCUT2D eigenvalue weighted by Gasteiger charge is -1.99. The van der Waals surface area contributed by atoms with Crippen LogP contribution in [0.5, 0.6) is 0 Å². The van der Waals surface area contributed by atoms with Gasteiger partial charge in [0.05, 0.1) is 5.02 Å². The second kappa shape index (κ2) is 3.58. The van der Waals surface area contributed by atoms with Crippen LogP contribution in [0.15, 0.2) is 12.1 Å². The first-order valence-electron chi connectivity index (χ1n) is 2.72.